The highest BCUT2D eigenvalue weighted by Crippen LogP contribution is 2.26. The van der Waals surface area contributed by atoms with E-state index in [1.807, 2.05) is 7.05 Å². The Bertz CT molecular complexity index is 336. The Kier molecular flexibility index (Phi) is 4.12. The normalized spacial score (nSPS) is 11.8. The van der Waals surface area contributed by atoms with Crippen LogP contribution in [0, 0.1) is 11.2 Å². The summed E-state index contributed by atoms with van der Waals surface area (Å²) in [4.78, 5) is 0. The van der Waals surface area contributed by atoms with Crippen LogP contribution in [0.15, 0.2) is 18.2 Å². The Labute approximate surface area is 95.6 Å². The van der Waals surface area contributed by atoms with Gasteiger partial charge in [0.25, 0.3) is 0 Å². The minimum Gasteiger partial charge on any atom is -0.319 e. The van der Waals surface area contributed by atoms with Crippen molar-refractivity contribution in [1.82, 2.24) is 5.32 Å². The van der Waals surface area contributed by atoms with Gasteiger partial charge in [0.05, 0.1) is 0 Å². The van der Waals surface area contributed by atoms with Crippen molar-refractivity contribution in [2.45, 2.75) is 20.3 Å². The zero-order chi connectivity index (χ0) is 11.5. The molecule has 3 heteroatoms. The molecule has 0 radical (unpaired) electrons. The number of halogens is 2. The molecule has 0 saturated carbocycles. The second-order valence-electron chi connectivity index (χ2n) is 4.61. The molecule has 0 fully saturated rings. The van der Waals surface area contributed by atoms with E-state index >= 15 is 0 Å². The van der Waals surface area contributed by atoms with Crippen LogP contribution in [0.2, 0.25) is 5.02 Å². The summed E-state index contributed by atoms with van der Waals surface area (Å²) in [6, 6.07) is 4.58. The van der Waals surface area contributed by atoms with Crippen LogP contribution in [0.1, 0.15) is 19.4 Å². The molecular formula is C12H17ClFN. The fraction of sp³-hybridized carbons (Fsp3) is 0.500. The topological polar surface area (TPSA) is 12.0 Å². The fourth-order valence-electron chi connectivity index (χ4n) is 1.72. The maximum absolute atomic E-state index is 12.8. The molecule has 0 saturated heterocycles. The van der Waals surface area contributed by atoms with Crippen molar-refractivity contribution >= 4 is 11.6 Å². The summed E-state index contributed by atoms with van der Waals surface area (Å²) in [5.74, 6) is -0.282. The second-order valence-corrected chi connectivity index (χ2v) is 5.01. The number of rotatable bonds is 4. The van der Waals surface area contributed by atoms with Crippen LogP contribution in [-0.4, -0.2) is 13.6 Å². The Balaban J connectivity index is 2.80. The molecule has 0 aliphatic rings. The van der Waals surface area contributed by atoms with Crippen LogP contribution in [0.4, 0.5) is 4.39 Å². The molecular weight excluding hydrogens is 213 g/mol. The third-order valence-corrected chi connectivity index (χ3v) is 2.69. The van der Waals surface area contributed by atoms with E-state index in [9.17, 15) is 4.39 Å². The molecule has 15 heavy (non-hydrogen) atoms. The predicted octanol–water partition coefficient (Wildman–Crippen LogP) is 3.27. The highest BCUT2D eigenvalue weighted by Gasteiger charge is 2.18. The van der Waals surface area contributed by atoms with Crippen LogP contribution < -0.4 is 5.32 Å². The Morgan fingerprint density at radius 3 is 2.60 bits per heavy atom. The summed E-state index contributed by atoms with van der Waals surface area (Å²) < 4.78 is 12.8. The van der Waals surface area contributed by atoms with Gasteiger partial charge in [-0.3, -0.25) is 0 Å². The molecule has 1 N–H and O–H groups in total. The van der Waals surface area contributed by atoms with Crippen molar-refractivity contribution in [2.75, 3.05) is 13.6 Å². The van der Waals surface area contributed by atoms with Crippen molar-refractivity contribution < 1.29 is 4.39 Å². The lowest BCUT2D eigenvalue weighted by Gasteiger charge is -2.24. The van der Waals surface area contributed by atoms with E-state index < -0.39 is 0 Å². The van der Waals surface area contributed by atoms with Crippen LogP contribution in [0.5, 0.6) is 0 Å². The maximum Gasteiger partial charge on any atom is 0.124 e. The largest absolute Gasteiger partial charge is 0.319 e. The third kappa shape index (κ3) is 3.80. The van der Waals surface area contributed by atoms with Gasteiger partial charge in [0, 0.05) is 11.6 Å². The smallest absolute Gasteiger partial charge is 0.124 e. The SMILES string of the molecule is CNCC(C)(C)Cc1ccc(F)cc1Cl. The van der Waals surface area contributed by atoms with Gasteiger partial charge in [-0.1, -0.05) is 31.5 Å². The monoisotopic (exact) mass is 229 g/mol. The first kappa shape index (κ1) is 12.5. The van der Waals surface area contributed by atoms with E-state index in [0.29, 0.717) is 5.02 Å². The van der Waals surface area contributed by atoms with Crippen molar-refractivity contribution in [3.05, 3.63) is 34.6 Å². The van der Waals surface area contributed by atoms with Gasteiger partial charge in [0.1, 0.15) is 5.82 Å². The van der Waals surface area contributed by atoms with Crippen LogP contribution >= 0.6 is 11.6 Å². The molecule has 0 bridgehead atoms. The molecule has 0 spiro atoms. The molecule has 1 nitrogen and oxygen atoms in total. The lowest BCUT2D eigenvalue weighted by atomic mass is 9.86. The van der Waals surface area contributed by atoms with Crippen LogP contribution in [-0.2, 0) is 6.42 Å². The molecule has 0 unspecified atom stereocenters. The third-order valence-electron chi connectivity index (χ3n) is 2.34. The molecule has 0 aliphatic carbocycles. The highest BCUT2D eigenvalue weighted by atomic mass is 35.5. The lowest BCUT2D eigenvalue weighted by Crippen LogP contribution is -2.28. The minimum absolute atomic E-state index is 0.121. The van der Waals surface area contributed by atoms with Crippen LogP contribution in [0.3, 0.4) is 0 Å². The molecule has 1 aromatic rings. The number of nitrogens with one attached hydrogen (secondary N) is 1. The van der Waals surface area contributed by atoms with Gasteiger partial charge in [-0.25, -0.2) is 4.39 Å². The van der Waals surface area contributed by atoms with E-state index in [4.69, 9.17) is 11.6 Å². The van der Waals surface area contributed by atoms with Crippen molar-refractivity contribution in [3.63, 3.8) is 0 Å². The molecule has 0 aliphatic heterocycles. The lowest BCUT2D eigenvalue weighted by molar-refractivity contribution is 0.350. The Morgan fingerprint density at radius 2 is 2.07 bits per heavy atom. The van der Waals surface area contributed by atoms with Gasteiger partial charge in [-0.15, -0.1) is 0 Å². The second kappa shape index (κ2) is 4.95. The molecule has 0 atom stereocenters. The fourth-order valence-corrected chi connectivity index (χ4v) is 1.96. The van der Waals surface area contributed by atoms with E-state index in [1.165, 1.54) is 12.1 Å². The number of benzene rings is 1. The van der Waals surface area contributed by atoms with Gasteiger partial charge in [0.15, 0.2) is 0 Å². The summed E-state index contributed by atoms with van der Waals surface area (Å²) >= 11 is 5.98. The molecule has 1 rings (SSSR count). The summed E-state index contributed by atoms with van der Waals surface area (Å²) in [6.45, 7) is 5.22. The van der Waals surface area contributed by atoms with Gasteiger partial charge in [0.2, 0.25) is 0 Å². The van der Waals surface area contributed by atoms with Gasteiger partial charge in [-0.2, -0.15) is 0 Å². The van der Waals surface area contributed by atoms with Crippen molar-refractivity contribution in [1.29, 1.82) is 0 Å². The van der Waals surface area contributed by atoms with Gasteiger partial charge in [-0.05, 0) is 36.6 Å². The Hall–Kier alpha value is -0.600. The summed E-state index contributed by atoms with van der Waals surface area (Å²) in [5, 5.41) is 3.66. The van der Waals surface area contributed by atoms with Crippen LogP contribution in [0.25, 0.3) is 0 Å². The zero-order valence-corrected chi connectivity index (χ0v) is 10.2. The minimum atomic E-state index is -0.282. The van der Waals surface area contributed by atoms with E-state index in [2.05, 4.69) is 19.2 Å². The maximum atomic E-state index is 12.8. The quantitative estimate of drug-likeness (QED) is 0.836. The van der Waals surface area contributed by atoms with Crippen molar-refractivity contribution in [2.24, 2.45) is 5.41 Å². The van der Waals surface area contributed by atoms with Crippen molar-refractivity contribution in [3.8, 4) is 0 Å². The molecule has 0 aromatic heterocycles. The first-order valence-corrected chi connectivity index (χ1v) is 5.41. The van der Waals surface area contributed by atoms with Gasteiger partial charge < -0.3 is 5.32 Å². The molecule has 0 heterocycles. The first-order chi connectivity index (χ1) is 6.94. The summed E-state index contributed by atoms with van der Waals surface area (Å²) in [5.41, 5.74) is 1.12. The molecule has 0 amide bonds. The van der Waals surface area contributed by atoms with E-state index in [-0.39, 0.29) is 11.2 Å². The summed E-state index contributed by atoms with van der Waals surface area (Å²) in [6.07, 6.45) is 0.840. The standard InChI is InChI=1S/C12H17ClFN/c1-12(2,8-15-3)7-9-4-5-10(14)6-11(9)13/h4-6,15H,7-8H2,1-3H3. The number of hydrogen-bond acceptors (Lipinski definition) is 1. The highest BCUT2D eigenvalue weighted by molar-refractivity contribution is 6.31. The molecule has 84 valence electrons. The number of hydrogen-bond donors (Lipinski definition) is 1. The Morgan fingerprint density at radius 1 is 1.40 bits per heavy atom. The summed E-state index contributed by atoms with van der Waals surface area (Å²) in [7, 11) is 1.92. The van der Waals surface area contributed by atoms with Gasteiger partial charge >= 0.3 is 0 Å². The average Bonchev–Trinajstić information content (AvgIpc) is 2.09. The zero-order valence-electron chi connectivity index (χ0n) is 9.40. The molecule has 1 aromatic carbocycles. The van der Waals surface area contributed by atoms with E-state index in [0.717, 1.165) is 18.5 Å². The first-order valence-electron chi connectivity index (χ1n) is 5.03. The van der Waals surface area contributed by atoms with E-state index in [1.54, 1.807) is 6.07 Å². The predicted molar refractivity (Wildman–Crippen MR) is 62.8 cm³/mol. The average molecular weight is 230 g/mol.